The molecule has 0 aliphatic rings. The lowest BCUT2D eigenvalue weighted by Gasteiger charge is -2.11. The number of alkyl halides is 3. The SMILES string of the molecule is Fc1nc(C(F)(F)F)ccc1-c1c(Cl)ccc(Cl)c1Cl. The molecule has 0 saturated heterocycles. The first-order valence-electron chi connectivity index (χ1n) is 5.09. The molecule has 8 heteroatoms. The smallest absolute Gasteiger partial charge is 0.215 e. The zero-order valence-corrected chi connectivity index (χ0v) is 11.7. The maximum Gasteiger partial charge on any atom is 0.433 e. The summed E-state index contributed by atoms with van der Waals surface area (Å²) in [6.45, 7) is 0. The minimum Gasteiger partial charge on any atom is -0.215 e. The van der Waals surface area contributed by atoms with E-state index in [2.05, 4.69) is 4.98 Å². The van der Waals surface area contributed by atoms with Crippen molar-refractivity contribution in [3.63, 3.8) is 0 Å². The molecule has 0 unspecified atom stereocenters. The van der Waals surface area contributed by atoms with E-state index in [9.17, 15) is 17.6 Å². The first-order chi connectivity index (χ1) is 9.21. The average Bonchev–Trinajstić information content (AvgIpc) is 2.35. The number of rotatable bonds is 1. The van der Waals surface area contributed by atoms with Crippen LogP contribution in [0.4, 0.5) is 17.6 Å². The Morgan fingerprint density at radius 1 is 0.900 bits per heavy atom. The summed E-state index contributed by atoms with van der Waals surface area (Å²) in [6.07, 6.45) is -4.73. The van der Waals surface area contributed by atoms with Gasteiger partial charge in [-0.2, -0.15) is 17.6 Å². The molecular weight excluding hydrogens is 340 g/mol. The Balaban J connectivity index is 2.64. The zero-order chi connectivity index (χ0) is 15.1. The molecule has 2 rings (SSSR count). The molecule has 0 bridgehead atoms. The molecule has 0 atom stereocenters. The molecule has 20 heavy (non-hydrogen) atoms. The Morgan fingerprint density at radius 2 is 1.50 bits per heavy atom. The Morgan fingerprint density at radius 3 is 2.05 bits per heavy atom. The second kappa shape index (κ2) is 5.39. The third-order valence-electron chi connectivity index (χ3n) is 2.45. The topological polar surface area (TPSA) is 12.9 Å². The summed E-state index contributed by atoms with van der Waals surface area (Å²) in [5, 5.41) is 0.102. The van der Waals surface area contributed by atoms with Crippen LogP contribution >= 0.6 is 34.8 Å². The maximum absolute atomic E-state index is 13.8. The molecule has 1 nitrogen and oxygen atoms in total. The van der Waals surface area contributed by atoms with Gasteiger partial charge in [0.05, 0.1) is 15.1 Å². The van der Waals surface area contributed by atoms with Crippen LogP contribution in [0.3, 0.4) is 0 Å². The first-order valence-corrected chi connectivity index (χ1v) is 6.23. The Hall–Kier alpha value is -1.04. The standard InChI is InChI=1S/C12H4Cl3F4N/c13-6-2-3-7(14)10(15)9(6)5-1-4-8(12(17,18)19)20-11(5)16/h1-4H. The lowest BCUT2D eigenvalue weighted by atomic mass is 10.1. The third-order valence-corrected chi connectivity index (χ3v) is 3.57. The maximum atomic E-state index is 13.8. The molecule has 1 aromatic heterocycles. The monoisotopic (exact) mass is 343 g/mol. The number of benzene rings is 1. The summed E-state index contributed by atoms with van der Waals surface area (Å²) in [5.74, 6) is -1.33. The van der Waals surface area contributed by atoms with Crippen LogP contribution in [-0.4, -0.2) is 4.98 Å². The summed E-state index contributed by atoms with van der Waals surface area (Å²) in [4.78, 5) is 2.88. The van der Waals surface area contributed by atoms with Crippen molar-refractivity contribution in [2.75, 3.05) is 0 Å². The van der Waals surface area contributed by atoms with Gasteiger partial charge in [0.15, 0.2) is 0 Å². The molecule has 1 aromatic carbocycles. The van der Waals surface area contributed by atoms with Crippen LogP contribution < -0.4 is 0 Å². The lowest BCUT2D eigenvalue weighted by Crippen LogP contribution is -2.09. The molecule has 0 radical (unpaired) electrons. The second-order valence-electron chi connectivity index (χ2n) is 3.75. The van der Waals surface area contributed by atoms with Crippen LogP contribution in [0.2, 0.25) is 15.1 Å². The summed E-state index contributed by atoms with van der Waals surface area (Å²) in [5.41, 5.74) is -1.59. The van der Waals surface area contributed by atoms with E-state index in [0.29, 0.717) is 6.07 Å². The quantitative estimate of drug-likeness (QED) is 0.358. The summed E-state index contributed by atoms with van der Waals surface area (Å²) in [7, 11) is 0. The predicted molar refractivity (Wildman–Crippen MR) is 69.7 cm³/mol. The van der Waals surface area contributed by atoms with E-state index in [1.807, 2.05) is 0 Å². The molecule has 0 N–H and O–H groups in total. The fraction of sp³-hybridized carbons (Fsp3) is 0.0833. The van der Waals surface area contributed by atoms with E-state index < -0.39 is 17.8 Å². The fourth-order valence-electron chi connectivity index (χ4n) is 1.55. The van der Waals surface area contributed by atoms with Crippen molar-refractivity contribution in [1.29, 1.82) is 0 Å². The van der Waals surface area contributed by atoms with Crippen molar-refractivity contribution in [2.24, 2.45) is 0 Å². The van der Waals surface area contributed by atoms with Gasteiger partial charge >= 0.3 is 6.18 Å². The summed E-state index contributed by atoms with van der Waals surface area (Å²) < 4.78 is 51.1. The van der Waals surface area contributed by atoms with E-state index in [1.165, 1.54) is 12.1 Å². The zero-order valence-electron chi connectivity index (χ0n) is 9.40. The average molecular weight is 345 g/mol. The van der Waals surface area contributed by atoms with Gasteiger partial charge in [-0.15, -0.1) is 0 Å². The van der Waals surface area contributed by atoms with Crippen LogP contribution in [0.5, 0.6) is 0 Å². The highest BCUT2D eigenvalue weighted by Gasteiger charge is 2.33. The number of nitrogens with zero attached hydrogens (tertiary/aromatic N) is 1. The minimum absolute atomic E-state index is 0.000409. The van der Waals surface area contributed by atoms with E-state index in [1.54, 1.807) is 0 Å². The third kappa shape index (κ3) is 2.85. The number of pyridine rings is 1. The van der Waals surface area contributed by atoms with Gasteiger partial charge < -0.3 is 0 Å². The fourth-order valence-corrected chi connectivity index (χ4v) is 2.28. The van der Waals surface area contributed by atoms with E-state index >= 15 is 0 Å². The number of halogens is 7. The molecule has 106 valence electrons. The molecule has 0 amide bonds. The van der Waals surface area contributed by atoms with Crippen molar-refractivity contribution < 1.29 is 17.6 Å². The van der Waals surface area contributed by atoms with Crippen molar-refractivity contribution in [2.45, 2.75) is 6.18 Å². The molecule has 0 spiro atoms. The largest absolute Gasteiger partial charge is 0.433 e. The van der Waals surface area contributed by atoms with Gasteiger partial charge in [-0.1, -0.05) is 34.8 Å². The summed E-state index contributed by atoms with van der Waals surface area (Å²) >= 11 is 17.6. The molecule has 1 heterocycles. The molecule has 2 aromatic rings. The van der Waals surface area contributed by atoms with Crippen LogP contribution in [0.15, 0.2) is 24.3 Å². The highest BCUT2D eigenvalue weighted by molar-refractivity contribution is 6.46. The van der Waals surface area contributed by atoms with Gasteiger partial charge in [-0.25, -0.2) is 4.98 Å². The molecule has 0 fully saturated rings. The first kappa shape index (κ1) is 15.4. The highest BCUT2D eigenvalue weighted by atomic mass is 35.5. The molecular formula is C12H4Cl3F4N. The molecule has 0 aliphatic heterocycles. The van der Waals surface area contributed by atoms with Crippen molar-refractivity contribution in [3.05, 3.63) is 51.0 Å². The van der Waals surface area contributed by atoms with Crippen LogP contribution in [0.25, 0.3) is 11.1 Å². The number of hydrogen-bond donors (Lipinski definition) is 0. The number of hydrogen-bond acceptors (Lipinski definition) is 1. The van der Waals surface area contributed by atoms with Gasteiger partial charge in [0.1, 0.15) is 5.69 Å². The van der Waals surface area contributed by atoms with Gasteiger partial charge in [0.25, 0.3) is 0 Å². The van der Waals surface area contributed by atoms with Crippen LogP contribution in [-0.2, 0) is 6.18 Å². The van der Waals surface area contributed by atoms with E-state index in [-0.39, 0.29) is 26.2 Å². The van der Waals surface area contributed by atoms with Crippen LogP contribution in [0.1, 0.15) is 5.69 Å². The lowest BCUT2D eigenvalue weighted by molar-refractivity contribution is -0.141. The van der Waals surface area contributed by atoms with E-state index in [4.69, 9.17) is 34.8 Å². The number of aromatic nitrogens is 1. The normalized spacial score (nSPS) is 11.8. The minimum atomic E-state index is -4.73. The van der Waals surface area contributed by atoms with Gasteiger partial charge in [0, 0.05) is 11.1 Å². The Bertz CT molecular complexity index is 670. The van der Waals surface area contributed by atoms with Gasteiger partial charge in [-0.3, -0.25) is 0 Å². The predicted octanol–water partition coefficient (Wildman–Crippen LogP) is 5.87. The van der Waals surface area contributed by atoms with Gasteiger partial charge in [0.2, 0.25) is 5.95 Å². The van der Waals surface area contributed by atoms with E-state index in [0.717, 1.165) is 6.07 Å². The molecule has 0 saturated carbocycles. The molecule has 0 aliphatic carbocycles. The Labute approximate surface area is 126 Å². The van der Waals surface area contributed by atoms with Crippen molar-refractivity contribution >= 4 is 34.8 Å². The highest BCUT2D eigenvalue weighted by Crippen LogP contribution is 2.40. The second-order valence-corrected chi connectivity index (χ2v) is 4.94. The Kier molecular flexibility index (Phi) is 4.14. The summed E-state index contributed by atoms with van der Waals surface area (Å²) in [6, 6.07) is 4.31. The van der Waals surface area contributed by atoms with Crippen molar-refractivity contribution in [3.8, 4) is 11.1 Å². The van der Waals surface area contributed by atoms with Crippen LogP contribution in [0, 0.1) is 5.95 Å². The van der Waals surface area contributed by atoms with Gasteiger partial charge in [-0.05, 0) is 24.3 Å². The van der Waals surface area contributed by atoms with Crippen molar-refractivity contribution in [1.82, 2.24) is 4.98 Å².